The summed E-state index contributed by atoms with van der Waals surface area (Å²) in [4.78, 5) is 12.8. The number of rotatable bonds is 4. The Hall–Kier alpha value is -2.82. The molecule has 0 fully saturated rings. The van der Waals surface area contributed by atoms with Crippen LogP contribution in [0.5, 0.6) is 0 Å². The molecule has 0 aliphatic carbocycles. The van der Waals surface area contributed by atoms with E-state index in [1.165, 1.54) is 18.2 Å². The van der Waals surface area contributed by atoms with Crippen LogP contribution in [-0.4, -0.2) is 10.4 Å². The maximum absolute atomic E-state index is 13.2. The summed E-state index contributed by atoms with van der Waals surface area (Å²) in [5.74, 6) is -0.637. The number of hydrogen-bond acceptors (Lipinski definition) is 1. The zero-order valence-corrected chi connectivity index (χ0v) is 12.7. The molecule has 0 saturated heterocycles. The van der Waals surface area contributed by atoms with E-state index in [1.54, 1.807) is 29.0 Å². The molecule has 2 nitrogen and oxygen atoms in total. The van der Waals surface area contributed by atoms with Crippen molar-refractivity contribution in [3.8, 4) is 0 Å². The quantitative estimate of drug-likeness (QED) is 0.483. The lowest BCUT2D eigenvalue weighted by Crippen LogP contribution is -2.13. The van der Waals surface area contributed by atoms with Crippen molar-refractivity contribution in [1.29, 1.82) is 0 Å². The van der Waals surface area contributed by atoms with Gasteiger partial charge < -0.3 is 4.57 Å². The lowest BCUT2D eigenvalue weighted by molar-refractivity contribution is -0.137. The second-order valence-corrected chi connectivity index (χ2v) is 5.37. The Kier molecular flexibility index (Phi) is 4.01. The zero-order chi connectivity index (χ0) is 17.3. The number of fused-ring (bicyclic) bond motifs is 1. The van der Waals surface area contributed by atoms with Gasteiger partial charge in [0.05, 0.1) is 5.56 Å². The standard InChI is InChI=1S/C19H14F3NO/c1-2-11-23-12-15(13-7-4-6-10-17(13)23)18(24)14-8-3-5-9-16(14)19(20,21)22/h2-10,12H,1,11H2. The van der Waals surface area contributed by atoms with E-state index in [2.05, 4.69) is 6.58 Å². The summed E-state index contributed by atoms with van der Waals surface area (Å²) in [6.07, 6.45) is -1.32. The molecule has 122 valence electrons. The maximum Gasteiger partial charge on any atom is 0.417 e. The van der Waals surface area contributed by atoms with Crippen molar-refractivity contribution in [3.63, 3.8) is 0 Å². The van der Waals surface area contributed by atoms with Gasteiger partial charge in [-0.05, 0) is 12.1 Å². The molecule has 0 bridgehead atoms. The van der Waals surface area contributed by atoms with Crippen LogP contribution in [0.25, 0.3) is 10.9 Å². The summed E-state index contributed by atoms with van der Waals surface area (Å²) in [5.41, 5.74) is -0.226. The molecule has 0 spiro atoms. The van der Waals surface area contributed by atoms with E-state index in [-0.39, 0.29) is 11.1 Å². The number of benzene rings is 2. The van der Waals surface area contributed by atoms with Gasteiger partial charge in [-0.25, -0.2) is 0 Å². The smallest absolute Gasteiger partial charge is 0.343 e. The Morgan fingerprint density at radius 2 is 1.71 bits per heavy atom. The molecule has 0 radical (unpaired) electrons. The second kappa shape index (κ2) is 6.00. The highest BCUT2D eigenvalue weighted by Gasteiger charge is 2.35. The van der Waals surface area contributed by atoms with Crippen molar-refractivity contribution >= 4 is 16.7 Å². The van der Waals surface area contributed by atoms with Crippen molar-refractivity contribution in [1.82, 2.24) is 4.57 Å². The average molecular weight is 329 g/mol. The molecule has 0 unspecified atom stereocenters. The Morgan fingerprint density at radius 3 is 2.42 bits per heavy atom. The number of allylic oxidation sites excluding steroid dienone is 1. The molecule has 1 aromatic heterocycles. The number of carbonyl (C=O) groups excluding carboxylic acids is 1. The molecule has 3 aromatic rings. The first-order valence-electron chi connectivity index (χ1n) is 7.33. The molecule has 2 aromatic carbocycles. The van der Waals surface area contributed by atoms with Crippen molar-refractivity contribution < 1.29 is 18.0 Å². The fraction of sp³-hybridized carbons (Fsp3) is 0.105. The Morgan fingerprint density at radius 1 is 1.04 bits per heavy atom. The van der Waals surface area contributed by atoms with Gasteiger partial charge in [-0.3, -0.25) is 4.79 Å². The van der Waals surface area contributed by atoms with Crippen LogP contribution in [-0.2, 0) is 12.7 Å². The summed E-state index contributed by atoms with van der Waals surface area (Å²) < 4.78 is 41.4. The third-order valence-corrected chi connectivity index (χ3v) is 3.84. The monoisotopic (exact) mass is 329 g/mol. The predicted octanol–water partition coefficient (Wildman–Crippen LogP) is 5.08. The van der Waals surface area contributed by atoms with E-state index < -0.39 is 17.5 Å². The zero-order valence-electron chi connectivity index (χ0n) is 12.7. The lowest BCUT2D eigenvalue weighted by atomic mass is 9.98. The number of aromatic nitrogens is 1. The molecule has 1 heterocycles. The number of para-hydroxylation sites is 1. The predicted molar refractivity (Wildman–Crippen MR) is 87.0 cm³/mol. The van der Waals surface area contributed by atoms with Gasteiger partial charge in [0.25, 0.3) is 0 Å². The van der Waals surface area contributed by atoms with E-state index in [0.29, 0.717) is 11.9 Å². The van der Waals surface area contributed by atoms with Gasteiger partial charge in [-0.15, -0.1) is 6.58 Å². The number of halogens is 3. The molecule has 0 aliphatic heterocycles. The van der Waals surface area contributed by atoms with E-state index in [4.69, 9.17) is 0 Å². The third kappa shape index (κ3) is 2.73. The van der Waals surface area contributed by atoms with Gasteiger partial charge in [0.2, 0.25) is 0 Å². The molecule has 0 N–H and O–H groups in total. The van der Waals surface area contributed by atoms with E-state index in [1.807, 2.05) is 12.1 Å². The third-order valence-electron chi connectivity index (χ3n) is 3.84. The first-order valence-corrected chi connectivity index (χ1v) is 7.33. The van der Waals surface area contributed by atoms with Crippen LogP contribution in [0.3, 0.4) is 0 Å². The minimum Gasteiger partial charge on any atom is -0.343 e. The van der Waals surface area contributed by atoms with Crippen molar-refractivity contribution in [2.45, 2.75) is 12.7 Å². The minimum absolute atomic E-state index is 0.254. The van der Waals surface area contributed by atoms with Crippen LogP contribution < -0.4 is 0 Å². The van der Waals surface area contributed by atoms with Gasteiger partial charge in [0.1, 0.15) is 0 Å². The molecule has 24 heavy (non-hydrogen) atoms. The largest absolute Gasteiger partial charge is 0.417 e. The van der Waals surface area contributed by atoms with Gasteiger partial charge in [-0.1, -0.05) is 42.5 Å². The minimum atomic E-state index is -4.58. The molecular formula is C19H14F3NO. The lowest BCUT2D eigenvalue weighted by Gasteiger charge is -2.11. The first-order chi connectivity index (χ1) is 11.4. The van der Waals surface area contributed by atoms with Crippen molar-refractivity contribution in [3.05, 3.63) is 84.1 Å². The van der Waals surface area contributed by atoms with Crippen LogP contribution in [0.15, 0.2) is 67.4 Å². The van der Waals surface area contributed by atoms with Crippen LogP contribution >= 0.6 is 0 Å². The first kappa shape index (κ1) is 16.1. The highest BCUT2D eigenvalue weighted by Crippen LogP contribution is 2.34. The van der Waals surface area contributed by atoms with Crippen LogP contribution in [0.4, 0.5) is 13.2 Å². The average Bonchev–Trinajstić information content (AvgIpc) is 2.93. The van der Waals surface area contributed by atoms with Gasteiger partial charge in [0, 0.05) is 34.8 Å². The summed E-state index contributed by atoms with van der Waals surface area (Å²) >= 11 is 0. The maximum atomic E-state index is 13.2. The summed E-state index contributed by atoms with van der Waals surface area (Å²) in [7, 11) is 0. The molecule has 0 aliphatic rings. The summed E-state index contributed by atoms with van der Waals surface area (Å²) in [5, 5.41) is 0.626. The topological polar surface area (TPSA) is 22.0 Å². The molecule has 5 heteroatoms. The highest BCUT2D eigenvalue weighted by molar-refractivity contribution is 6.17. The van der Waals surface area contributed by atoms with Crippen LogP contribution in [0, 0.1) is 0 Å². The second-order valence-electron chi connectivity index (χ2n) is 5.37. The molecule has 3 rings (SSSR count). The van der Waals surface area contributed by atoms with Gasteiger partial charge in [0.15, 0.2) is 5.78 Å². The Balaban J connectivity index is 2.19. The number of carbonyl (C=O) groups is 1. The van der Waals surface area contributed by atoms with Crippen LogP contribution in [0.1, 0.15) is 21.5 Å². The highest BCUT2D eigenvalue weighted by atomic mass is 19.4. The molecule has 0 atom stereocenters. The van der Waals surface area contributed by atoms with Crippen molar-refractivity contribution in [2.24, 2.45) is 0 Å². The van der Waals surface area contributed by atoms with E-state index in [9.17, 15) is 18.0 Å². The molecule has 0 amide bonds. The number of alkyl halides is 3. The van der Waals surface area contributed by atoms with Gasteiger partial charge >= 0.3 is 6.18 Å². The van der Waals surface area contributed by atoms with Crippen molar-refractivity contribution in [2.75, 3.05) is 0 Å². The normalized spacial score (nSPS) is 11.6. The SMILES string of the molecule is C=CCn1cc(C(=O)c2ccccc2C(F)(F)F)c2ccccc21. The molecule has 0 saturated carbocycles. The Bertz CT molecular complexity index is 922. The summed E-state index contributed by atoms with van der Waals surface area (Å²) in [6.45, 7) is 4.13. The Labute approximate surface area is 136 Å². The van der Waals surface area contributed by atoms with E-state index >= 15 is 0 Å². The number of ketones is 1. The fourth-order valence-corrected chi connectivity index (χ4v) is 2.79. The van der Waals surface area contributed by atoms with Gasteiger partial charge in [-0.2, -0.15) is 13.2 Å². The van der Waals surface area contributed by atoms with Crippen LogP contribution in [0.2, 0.25) is 0 Å². The number of nitrogens with zero attached hydrogens (tertiary/aromatic N) is 1. The molecular weight excluding hydrogens is 315 g/mol. The summed E-state index contributed by atoms with van der Waals surface area (Å²) in [6, 6.07) is 12.0. The van der Waals surface area contributed by atoms with E-state index in [0.717, 1.165) is 11.6 Å². The fourth-order valence-electron chi connectivity index (χ4n) is 2.79. The number of hydrogen-bond donors (Lipinski definition) is 0.